The van der Waals surface area contributed by atoms with Gasteiger partial charge < -0.3 is 10.2 Å². The van der Waals surface area contributed by atoms with Crippen LogP contribution in [0.3, 0.4) is 0 Å². The maximum Gasteiger partial charge on any atom is 0.244 e. The first kappa shape index (κ1) is 23.8. The summed E-state index contributed by atoms with van der Waals surface area (Å²) in [6.45, 7) is 4.97. The first-order valence-electron chi connectivity index (χ1n) is 11.2. The number of amides is 2. The van der Waals surface area contributed by atoms with Crippen LogP contribution in [0.5, 0.6) is 0 Å². The second-order valence-electron chi connectivity index (χ2n) is 8.54. The van der Waals surface area contributed by atoms with Gasteiger partial charge in [-0.2, -0.15) is 4.31 Å². The average Bonchev–Trinajstić information content (AvgIpc) is 2.81. The fourth-order valence-corrected chi connectivity index (χ4v) is 6.58. The number of anilines is 2. The number of thioether (sulfide) groups is 1. The molecule has 2 aromatic rings. The number of nitrogens with one attached hydrogen (secondary N) is 1. The van der Waals surface area contributed by atoms with Gasteiger partial charge in [0, 0.05) is 23.7 Å². The van der Waals surface area contributed by atoms with E-state index in [1.54, 1.807) is 18.2 Å². The summed E-state index contributed by atoms with van der Waals surface area (Å²) < 4.78 is 28.0. The standard InChI is InChI=1S/C24H29N3O4S2/c1-3-18-6-4-5-7-20(18)25-23(28)15-27-21-14-19(8-9-22(21)32-16-24(27)29)33(30,31)26-12-10-17(2)11-13-26/h4-9,14,17H,3,10-13,15-16H2,1-2H3,(H,25,28). The number of para-hydroxylation sites is 1. The Kier molecular flexibility index (Phi) is 7.11. The van der Waals surface area contributed by atoms with Crippen molar-refractivity contribution in [2.24, 2.45) is 5.92 Å². The van der Waals surface area contributed by atoms with E-state index >= 15 is 0 Å². The molecule has 0 radical (unpaired) electrons. The Morgan fingerprint density at radius 3 is 2.61 bits per heavy atom. The molecule has 2 amide bonds. The average molecular weight is 488 g/mol. The van der Waals surface area contributed by atoms with Crippen LogP contribution < -0.4 is 10.2 Å². The van der Waals surface area contributed by atoms with Gasteiger partial charge >= 0.3 is 0 Å². The predicted molar refractivity (Wildman–Crippen MR) is 131 cm³/mol. The highest BCUT2D eigenvalue weighted by Gasteiger charge is 2.32. The Labute approximate surface area is 199 Å². The lowest BCUT2D eigenvalue weighted by molar-refractivity contribution is -0.120. The van der Waals surface area contributed by atoms with Crippen LogP contribution in [0.4, 0.5) is 11.4 Å². The molecule has 2 aromatic carbocycles. The summed E-state index contributed by atoms with van der Waals surface area (Å²) in [7, 11) is -3.66. The molecule has 176 valence electrons. The molecule has 2 heterocycles. The second-order valence-corrected chi connectivity index (χ2v) is 11.5. The zero-order chi connectivity index (χ0) is 23.6. The Balaban J connectivity index is 1.58. The van der Waals surface area contributed by atoms with Crippen LogP contribution in [0.15, 0.2) is 52.3 Å². The quantitative estimate of drug-likeness (QED) is 0.671. The van der Waals surface area contributed by atoms with Gasteiger partial charge in [-0.1, -0.05) is 32.0 Å². The number of hydrogen-bond acceptors (Lipinski definition) is 5. The monoisotopic (exact) mass is 487 g/mol. The molecule has 4 rings (SSSR count). The lowest BCUT2D eigenvalue weighted by Gasteiger charge is -2.31. The van der Waals surface area contributed by atoms with Crippen molar-refractivity contribution < 1.29 is 18.0 Å². The molecule has 0 unspecified atom stereocenters. The highest BCUT2D eigenvalue weighted by molar-refractivity contribution is 8.00. The summed E-state index contributed by atoms with van der Waals surface area (Å²) in [6, 6.07) is 12.4. The number of rotatable bonds is 6. The number of nitrogens with zero attached hydrogens (tertiary/aromatic N) is 2. The molecule has 0 saturated carbocycles. The summed E-state index contributed by atoms with van der Waals surface area (Å²) in [5, 5.41) is 2.89. The summed E-state index contributed by atoms with van der Waals surface area (Å²) in [5.74, 6) is 0.191. The molecular formula is C24H29N3O4S2. The minimum atomic E-state index is -3.66. The van der Waals surface area contributed by atoms with Crippen molar-refractivity contribution in [1.82, 2.24) is 4.31 Å². The molecule has 33 heavy (non-hydrogen) atoms. The Bertz CT molecular complexity index is 1160. The van der Waals surface area contributed by atoms with Crippen LogP contribution in [-0.4, -0.2) is 49.9 Å². The van der Waals surface area contributed by atoms with E-state index in [9.17, 15) is 18.0 Å². The largest absolute Gasteiger partial charge is 0.324 e. The molecule has 9 heteroatoms. The Morgan fingerprint density at radius 2 is 1.88 bits per heavy atom. The van der Waals surface area contributed by atoms with E-state index in [0.717, 1.165) is 35.4 Å². The highest BCUT2D eigenvalue weighted by atomic mass is 32.2. The van der Waals surface area contributed by atoms with Crippen molar-refractivity contribution in [1.29, 1.82) is 0 Å². The third kappa shape index (κ3) is 5.10. The third-order valence-electron chi connectivity index (χ3n) is 6.23. The first-order valence-corrected chi connectivity index (χ1v) is 13.7. The van der Waals surface area contributed by atoms with Crippen LogP contribution in [-0.2, 0) is 26.0 Å². The van der Waals surface area contributed by atoms with Gasteiger partial charge in [0.15, 0.2) is 0 Å². The van der Waals surface area contributed by atoms with E-state index in [4.69, 9.17) is 0 Å². The Morgan fingerprint density at radius 1 is 1.15 bits per heavy atom. The molecule has 1 N–H and O–H groups in total. The molecule has 1 saturated heterocycles. The molecular weight excluding hydrogens is 458 g/mol. The van der Waals surface area contributed by atoms with E-state index in [0.29, 0.717) is 24.7 Å². The maximum atomic E-state index is 13.2. The van der Waals surface area contributed by atoms with Crippen LogP contribution in [0, 0.1) is 5.92 Å². The van der Waals surface area contributed by atoms with Gasteiger partial charge in [0.25, 0.3) is 0 Å². The van der Waals surface area contributed by atoms with Gasteiger partial charge in [-0.05, 0) is 55.0 Å². The van der Waals surface area contributed by atoms with Crippen molar-refractivity contribution in [2.75, 3.05) is 35.6 Å². The van der Waals surface area contributed by atoms with Crippen molar-refractivity contribution in [3.63, 3.8) is 0 Å². The minimum Gasteiger partial charge on any atom is -0.324 e. The number of benzene rings is 2. The lowest BCUT2D eigenvalue weighted by atomic mass is 10.0. The van der Waals surface area contributed by atoms with Crippen molar-refractivity contribution >= 4 is 45.0 Å². The summed E-state index contributed by atoms with van der Waals surface area (Å²) in [6.07, 6.45) is 2.45. The number of fused-ring (bicyclic) bond motifs is 1. The van der Waals surface area contributed by atoms with Crippen molar-refractivity contribution in [2.45, 2.75) is 42.9 Å². The molecule has 0 aliphatic carbocycles. The molecule has 0 aromatic heterocycles. The maximum absolute atomic E-state index is 13.2. The van der Waals surface area contributed by atoms with E-state index < -0.39 is 10.0 Å². The van der Waals surface area contributed by atoms with Gasteiger partial charge in [-0.3, -0.25) is 9.59 Å². The van der Waals surface area contributed by atoms with E-state index in [-0.39, 0.29) is 29.0 Å². The third-order valence-corrected chi connectivity index (χ3v) is 9.17. The molecule has 0 spiro atoms. The van der Waals surface area contributed by atoms with E-state index in [1.165, 1.54) is 21.0 Å². The summed E-state index contributed by atoms with van der Waals surface area (Å²) >= 11 is 1.36. The van der Waals surface area contributed by atoms with Crippen LogP contribution in [0.2, 0.25) is 0 Å². The first-order chi connectivity index (χ1) is 15.8. The SMILES string of the molecule is CCc1ccccc1NC(=O)CN1C(=O)CSc2ccc(S(=O)(=O)N3CCC(C)CC3)cc21. The fourth-order valence-electron chi connectivity index (χ4n) is 4.17. The highest BCUT2D eigenvalue weighted by Crippen LogP contribution is 2.37. The van der Waals surface area contributed by atoms with Gasteiger partial charge in [0.05, 0.1) is 16.3 Å². The van der Waals surface area contributed by atoms with Crippen LogP contribution in [0.25, 0.3) is 0 Å². The van der Waals surface area contributed by atoms with Gasteiger partial charge in [-0.25, -0.2) is 8.42 Å². The van der Waals surface area contributed by atoms with E-state index in [1.807, 2.05) is 31.2 Å². The number of sulfonamides is 1. The topological polar surface area (TPSA) is 86.8 Å². The number of aryl methyl sites for hydroxylation is 1. The minimum absolute atomic E-state index is 0.160. The number of carbonyl (C=O) groups excluding carboxylic acids is 2. The smallest absolute Gasteiger partial charge is 0.244 e. The zero-order valence-electron chi connectivity index (χ0n) is 18.9. The van der Waals surface area contributed by atoms with Crippen molar-refractivity contribution in [3.05, 3.63) is 48.0 Å². The van der Waals surface area contributed by atoms with Crippen molar-refractivity contribution in [3.8, 4) is 0 Å². The van der Waals surface area contributed by atoms with Crippen LogP contribution in [0.1, 0.15) is 32.3 Å². The molecule has 2 aliphatic heterocycles. The predicted octanol–water partition coefficient (Wildman–Crippen LogP) is 3.75. The van der Waals surface area contributed by atoms with Gasteiger partial charge in [0.1, 0.15) is 6.54 Å². The normalized spacial score (nSPS) is 17.6. The number of carbonyl (C=O) groups is 2. The molecule has 1 fully saturated rings. The van der Waals surface area contributed by atoms with E-state index in [2.05, 4.69) is 12.2 Å². The zero-order valence-corrected chi connectivity index (χ0v) is 20.5. The molecule has 0 atom stereocenters. The number of piperidine rings is 1. The molecule has 2 aliphatic rings. The number of hydrogen-bond donors (Lipinski definition) is 1. The Hall–Kier alpha value is -2.36. The van der Waals surface area contributed by atoms with Gasteiger partial charge in [-0.15, -0.1) is 11.8 Å². The van der Waals surface area contributed by atoms with Crippen LogP contribution >= 0.6 is 11.8 Å². The second kappa shape index (κ2) is 9.87. The molecule has 7 nitrogen and oxygen atoms in total. The molecule has 0 bridgehead atoms. The fraction of sp³-hybridized carbons (Fsp3) is 0.417. The summed E-state index contributed by atoms with van der Waals surface area (Å²) in [4.78, 5) is 27.9. The lowest BCUT2D eigenvalue weighted by Crippen LogP contribution is -2.41. The summed E-state index contributed by atoms with van der Waals surface area (Å²) in [5.41, 5.74) is 2.21. The van der Waals surface area contributed by atoms with Gasteiger partial charge in [0.2, 0.25) is 21.8 Å².